The van der Waals surface area contributed by atoms with Gasteiger partial charge in [-0.3, -0.25) is 0 Å². The molecule has 1 aliphatic heterocycles. The molecular formula is C15H22ClNO2. The van der Waals surface area contributed by atoms with Gasteiger partial charge in [-0.15, -0.1) is 0 Å². The molecule has 1 aliphatic rings. The van der Waals surface area contributed by atoms with E-state index in [-0.39, 0.29) is 0 Å². The van der Waals surface area contributed by atoms with Crippen molar-refractivity contribution in [3.05, 3.63) is 29.3 Å². The maximum absolute atomic E-state index is 5.91. The molecule has 0 aromatic heterocycles. The molecular weight excluding hydrogens is 262 g/mol. The van der Waals surface area contributed by atoms with Crippen molar-refractivity contribution in [2.45, 2.75) is 25.9 Å². The summed E-state index contributed by atoms with van der Waals surface area (Å²) in [6.07, 6.45) is 2.78. The largest absolute Gasteiger partial charge is 0.493 e. The van der Waals surface area contributed by atoms with Crippen molar-refractivity contribution in [1.82, 2.24) is 5.32 Å². The van der Waals surface area contributed by atoms with Gasteiger partial charge < -0.3 is 14.8 Å². The molecule has 3 nitrogen and oxygen atoms in total. The van der Waals surface area contributed by atoms with E-state index in [0.717, 1.165) is 25.4 Å². The summed E-state index contributed by atoms with van der Waals surface area (Å²) in [5.41, 5.74) is 0. The smallest absolute Gasteiger partial charge is 0.120 e. The van der Waals surface area contributed by atoms with Crippen LogP contribution in [-0.4, -0.2) is 32.4 Å². The standard InChI is InChI=1S/C15H22ClNO2/c1-12(9-17-10-15-6-3-7-18-15)11-19-14-5-2-4-13(16)8-14/h2,4-5,8,12,15,17H,3,6-7,9-11H2,1H3/t12-,15-/m1/s1. The Balaban J connectivity index is 1.60. The minimum Gasteiger partial charge on any atom is -0.493 e. The van der Waals surface area contributed by atoms with E-state index >= 15 is 0 Å². The molecule has 1 N–H and O–H groups in total. The lowest BCUT2D eigenvalue weighted by Gasteiger charge is -2.16. The normalized spacial score (nSPS) is 20.4. The Hall–Kier alpha value is -0.770. The molecule has 106 valence electrons. The van der Waals surface area contributed by atoms with Gasteiger partial charge in [-0.2, -0.15) is 0 Å². The zero-order valence-corrected chi connectivity index (χ0v) is 12.2. The molecule has 19 heavy (non-hydrogen) atoms. The molecule has 2 atom stereocenters. The number of benzene rings is 1. The Morgan fingerprint density at radius 3 is 3.16 bits per heavy atom. The fourth-order valence-corrected chi connectivity index (χ4v) is 2.33. The minimum absolute atomic E-state index is 0.404. The molecule has 0 spiro atoms. The molecule has 1 saturated heterocycles. The van der Waals surface area contributed by atoms with Gasteiger partial charge >= 0.3 is 0 Å². The van der Waals surface area contributed by atoms with E-state index in [9.17, 15) is 0 Å². The summed E-state index contributed by atoms with van der Waals surface area (Å²) in [4.78, 5) is 0. The highest BCUT2D eigenvalue weighted by atomic mass is 35.5. The molecule has 2 rings (SSSR count). The maximum Gasteiger partial charge on any atom is 0.120 e. The monoisotopic (exact) mass is 283 g/mol. The number of hydrogen-bond acceptors (Lipinski definition) is 3. The summed E-state index contributed by atoms with van der Waals surface area (Å²) in [7, 11) is 0. The third-order valence-corrected chi connectivity index (χ3v) is 3.45. The fourth-order valence-electron chi connectivity index (χ4n) is 2.15. The third kappa shape index (κ3) is 5.39. The summed E-state index contributed by atoms with van der Waals surface area (Å²) < 4.78 is 11.3. The van der Waals surface area contributed by atoms with Crippen LogP contribution in [0.4, 0.5) is 0 Å². The predicted octanol–water partition coefficient (Wildman–Crippen LogP) is 3.12. The zero-order valence-electron chi connectivity index (χ0n) is 11.4. The van der Waals surface area contributed by atoms with Gasteiger partial charge in [0.05, 0.1) is 12.7 Å². The van der Waals surface area contributed by atoms with Gasteiger partial charge in [-0.05, 0) is 31.0 Å². The van der Waals surface area contributed by atoms with E-state index in [0.29, 0.717) is 23.7 Å². The van der Waals surface area contributed by atoms with Gasteiger partial charge in [-0.1, -0.05) is 24.6 Å². The molecule has 4 heteroatoms. The average Bonchev–Trinajstić information content (AvgIpc) is 2.90. The van der Waals surface area contributed by atoms with Crippen molar-refractivity contribution in [3.8, 4) is 5.75 Å². The van der Waals surface area contributed by atoms with E-state index < -0.39 is 0 Å². The second kappa shape index (κ2) is 7.73. The van der Waals surface area contributed by atoms with Crippen molar-refractivity contribution in [2.75, 3.05) is 26.3 Å². The van der Waals surface area contributed by atoms with Gasteiger partial charge in [-0.25, -0.2) is 0 Å². The van der Waals surface area contributed by atoms with Gasteiger partial charge in [0.1, 0.15) is 5.75 Å². The maximum atomic E-state index is 5.91. The zero-order chi connectivity index (χ0) is 13.5. The lowest BCUT2D eigenvalue weighted by molar-refractivity contribution is 0.108. The first-order chi connectivity index (χ1) is 9.24. The highest BCUT2D eigenvalue weighted by molar-refractivity contribution is 6.30. The predicted molar refractivity (Wildman–Crippen MR) is 78.0 cm³/mol. The summed E-state index contributed by atoms with van der Waals surface area (Å²) in [6, 6.07) is 7.52. The van der Waals surface area contributed by atoms with Crippen molar-refractivity contribution in [3.63, 3.8) is 0 Å². The third-order valence-electron chi connectivity index (χ3n) is 3.22. The van der Waals surface area contributed by atoms with Crippen molar-refractivity contribution < 1.29 is 9.47 Å². The molecule has 1 aromatic rings. The highest BCUT2D eigenvalue weighted by Gasteiger charge is 2.15. The van der Waals surface area contributed by atoms with Crippen molar-refractivity contribution in [2.24, 2.45) is 5.92 Å². The second-order valence-electron chi connectivity index (χ2n) is 5.17. The number of rotatable bonds is 7. The molecule has 0 unspecified atom stereocenters. The summed E-state index contributed by atoms with van der Waals surface area (Å²) >= 11 is 5.91. The van der Waals surface area contributed by atoms with Crippen LogP contribution in [-0.2, 0) is 4.74 Å². The topological polar surface area (TPSA) is 30.5 Å². The van der Waals surface area contributed by atoms with Gasteiger partial charge in [0.15, 0.2) is 0 Å². The highest BCUT2D eigenvalue weighted by Crippen LogP contribution is 2.17. The Bertz CT molecular complexity index is 380. The van der Waals surface area contributed by atoms with Crippen LogP contribution < -0.4 is 10.1 Å². The second-order valence-corrected chi connectivity index (χ2v) is 5.60. The average molecular weight is 284 g/mol. The first kappa shape index (κ1) is 14.6. The Morgan fingerprint density at radius 2 is 2.42 bits per heavy atom. The lowest BCUT2D eigenvalue weighted by Crippen LogP contribution is -2.31. The number of nitrogens with one attached hydrogen (secondary N) is 1. The van der Waals surface area contributed by atoms with Crippen LogP contribution in [0.3, 0.4) is 0 Å². The minimum atomic E-state index is 0.404. The van der Waals surface area contributed by atoms with Gasteiger partial charge in [0.25, 0.3) is 0 Å². The first-order valence-electron chi connectivity index (χ1n) is 6.94. The van der Waals surface area contributed by atoms with Crippen LogP contribution in [0.1, 0.15) is 19.8 Å². The van der Waals surface area contributed by atoms with Gasteiger partial charge in [0, 0.05) is 30.6 Å². The number of halogens is 1. The van der Waals surface area contributed by atoms with E-state index in [1.54, 1.807) is 0 Å². The summed E-state index contributed by atoms with van der Waals surface area (Å²) in [6.45, 7) is 5.67. The van der Waals surface area contributed by atoms with Crippen LogP contribution in [0.5, 0.6) is 5.75 Å². The van der Waals surface area contributed by atoms with E-state index in [4.69, 9.17) is 21.1 Å². The Labute approximate surface area is 120 Å². The molecule has 1 fully saturated rings. The molecule has 0 radical (unpaired) electrons. The Kier molecular flexibility index (Phi) is 5.95. The van der Waals surface area contributed by atoms with Crippen LogP contribution in [0, 0.1) is 5.92 Å². The fraction of sp³-hybridized carbons (Fsp3) is 0.600. The van der Waals surface area contributed by atoms with Crippen LogP contribution in [0.15, 0.2) is 24.3 Å². The molecule has 0 bridgehead atoms. The van der Waals surface area contributed by atoms with E-state index in [2.05, 4.69) is 12.2 Å². The quantitative estimate of drug-likeness (QED) is 0.834. The number of ether oxygens (including phenoxy) is 2. The molecule has 0 amide bonds. The van der Waals surface area contributed by atoms with Gasteiger partial charge in [0.2, 0.25) is 0 Å². The SMILES string of the molecule is C[C@H](CNC[C@H]1CCCO1)COc1cccc(Cl)c1. The van der Waals surface area contributed by atoms with Crippen LogP contribution >= 0.6 is 11.6 Å². The number of hydrogen-bond donors (Lipinski definition) is 1. The van der Waals surface area contributed by atoms with Crippen LogP contribution in [0.2, 0.25) is 5.02 Å². The molecule has 0 aliphatic carbocycles. The van der Waals surface area contributed by atoms with Crippen molar-refractivity contribution in [1.29, 1.82) is 0 Å². The molecule has 0 saturated carbocycles. The Morgan fingerprint density at radius 1 is 1.53 bits per heavy atom. The molecule has 1 heterocycles. The summed E-state index contributed by atoms with van der Waals surface area (Å²) in [5, 5.41) is 4.15. The summed E-state index contributed by atoms with van der Waals surface area (Å²) in [5.74, 6) is 1.29. The van der Waals surface area contributed by atoms with Crippen LogP contribution in [0.25, 0.3) is 0 Å². The molecule has 1 aromatic carbocycles. The lowest BCUT2D eigenvalue weighted by atomic mass is 10.2. The van der Waals surface area contributed by atoms with E-state index in [1.807, 2.05) is 24.3 Å². The van der Waals surface area contributed by atoms with E-state index in [1.165, 1.54) is 12.8 Å². The first-order valence-corrected chi connectivity index (χ1v) is 7.32. The van der Waals surface area contributed by atoms with Crippen molar-refractivity contribution >= 4 is 11.6 Å².